The van der Waals surface area contributed by atoms with Gasteiger partial charge in [0.15, 0.2) is 6.61 Å². The van der Waals surface area contributed by atoms with Gasteiger partial charge in [0.05, 0.1) is 11.3 Å². The summed E-state index contributed by atoms with van der Waals surface area (Å²) in [5, 5.41) is 17.0. The molecule has 0 radical (unpaired) electrons. The number of nitrogens with zero attached hydrogens (tertiary/aromatic N) is 1. The van der Waals surface area contributed by atoms with Gasteiger partial charge < -0.3 is 25.8 Å². The van der Waals surface area contributed by atoms with E-state index in [4.69, 9.17) is 9.84 Å². The molecular formula is C24H28F2N4O4. The third kappa shape index (κ3) is 8.53. The van der Waals surface area contributed by atoms with E-state index in [1.54, 1.807) is 31.2 Å². The summed E-state index contributed by atoms with van der Waals surface area (Å²) in [4.78, 5) is 26.8. The number of carbonyl (C=O) groups is 2. The second-order valence-electron chi connectivity index (χ2n) is 7.90. The lowest BCUT2D eigenvalue weighted by atomic mass is 10.1. The van der Waals surface area contributed by atoms with Crippen molar-refractivity contribution in [3.63, 3.8) is 0 Å². The first-order chi connectivity index (χ1) is 16.0. The maximum absolute atomic E-state index is 14.8. The van der Waals surface area contributed by atoms with E-state index < -0.39 is 30.1 Å². The van der Waals surface area contributed by atoms with Gasteiger partial charge in [0.25, 0.3) is 0 Å². The van der Waals surface area contributed by atoms with Crippen molar-refractivity contribution in [3.05, 3.63) is 54.4 Å². The van der Waals surface area contributed by atoms with Crippen molar-refractivity contribution >= 4 is 41.0 Å². The standard InChI is InChI=1S/C24H28F2N4O4/c1-5-27-20-13-18(34-14-21(31)32)12-19(25)22(20)15(2)29-16-6-8-17(9-7-16)30-23(33)28-11-10-24(3,4)26/h5-9,12-13,29H,2,10-11,14H2,1,3-4H3,(H,31,32)(H2,28,30,33). The average molecular weight is 475 g/mol. The Hall–Kier alpha value is -3.95. The number of rotatable bonds is 11. The summed E-state index contributed by atoms with van der Waals surface area (Å²) in [6.07, 6.45) is 1.66. The highest BCUT2D eigenvalue weighted by atomic mass is 19.1. The van der Waals surface area contributed by atoms with E-state index in [9.17, 15) is 18.4 Å². The van der Waals surface area contributed by atoms with Crippen LogP contribution in [-0.4, -0.2) is 42.1 Å². The molecule has 0 unspecified atom stereocenters. The first kappa shape index (κ1) is 26.3. The fourth-order valence-electron chi connectivity index (χ4n) is 2.86. The molecule has 0 atom stereocenters. The molecule has 2 aromatic rings. The predicted octanol–water partition coefficient (Wildman–Crippen LogP) is 5.35. The zero-order valence-corrected chi connectivity index (χ0v) is 19.2. The number of amides is 2. The molecule has 0 bridgehead atoms. The molecule has 2 amide bonds. The van der Waals surface area contributed by atoms with Crippen LogP contribution < -0.4 is 20.7 Å². The number of carbonyl (C=O) groups excluding carboxylic acids is 1. The van der Waals surface area contributed by atoms with E-state index in [-0.39, 0.29) is 35.7 Å². The van der Waals surface area contributed by atoms with Crippen LogP contribution in [0, 0.1) is 5.82 Å². The first-order valence-corrected chi connectivity index (χ1v) is 10.5. The molecule has 0 heterocycles. The minimum absolute atomic E-state index is 0.0285. The summed E-state index contributed by atoms with van der Waals surface area (Å²) in [5.41, 5.74) is 0.249. The van der Waals surface area contributed by atoms with Crippen molar-refractivity contribution < 1.29 is 28.2 Å². The lowest BCUT2D eigenvalue weighted by Gasteiger charge is -2.16. The Balaban J connectivity index is 2.06. The highest BCUT2D eigenvalue weighted by Gasteiger charge is 2.16. The number of benzene rings is 2. The molecule has 0 spiro atoms. The van der Waals surface area contributed by atoms with Crippen LogP contribution in [-0.2, 0) is 4.79 Å². The van der Waals surface area contributed by atoms with Gasteiger partial charge in [-0.3, -0.25) is 4.99 Å². The van der Waals surface area contributed by atoms with Crippen LogP contribution in [0.25, 0.3) is 5.70 Å². The van der Waals surface area contributed by atoms with E-state index in [2.05, 4.69) is 27.5 Å². The SMILES string of the molecule is C=C(Nc1ccc(NC(=O)NCCC(C)(C)F)cc1)c1c(F)cc(OCC(=O)O)cc1N=CC. The molecule has 2 rings (SSSR count). The van der Waals surface area contributed by atoms with Gasteiger partial charge >= 0.3 is 12.0 Å². The fraction of sp³-hybridized carbons (Fsp3) is 0.292. The lowest BCUT2D eigenvalue weighted by molar-refractivity contribution is -0.139. The molecule has 2 aromatic carbocycles. The van der Waals surface area contributed by atoms with Crippen LogP contribution in [0.4, 0.5) is 30.6 Å². The summed E-state index contributed by atoms with van der Waals surface area (Å²) in [6.45, 7) is 8.01. The number of aliphatic carboxylic acids is 1. The van der Waals surface area contributed by atoms with Crippen LogP contribution in [0.15, 0.2) is 48.0 Å². The van der Waals surface area contributed by atoms with E-state index in [0.717, 1.165) is 6.07 Å². The molecular weight excluding hydrogens is 446 g/mol. The minimum atomic E-state index is -1.36. The number of aliphatic imine (C=N–C) groups is 1. The summed E-state index contributed by atoms with van der Waals surface area (Å²) in [6, 6.07) is 8.63. The number of anilines is 2. The highest BCUT2D eigenvalue weighted by Crippen LogP contribution is 2.33. The van der Waals surface area contributed by atoms with Crippen molar-refractivity contribution in [1.82, 2.24) is 5.32 Å². The van der Waals surface area contributed by atoms with E-state index in [1.165, 1.54) is 26.1 Å². The first-order valence-electron chi connectivity index (χ1n) is 10.5. The van der Waals surface area contributed by atoms with Crippen LogP contribution in [0.5, 0.6) is 5.75 Å². The number of halogens is 2. The van der Waals surface area contributed by atoms with Gasteiger partial charge in [-0.05, 0) is 51.5 Å². The Morgan fingerprint density at radius 2 is 1.79 bits per heavy atom. The van der Waals surface area contributed by atoms with Crippen LogP contribution in [0.1, 0.15) is 32.8 Å². The molecule has 0 aliphatic carbocycles. The summed E-state index contributed by atoms with van der Waals surface area (Å²) >= 11 is 0. The van der Waals surface area contributed by atoms with E-state index in [0.29, 0.717) is 11.4 Å². The Labute approximate surface area is 196 Å². The van der Waals surface area contributed by atoms with Gasteiger partial charge in [-0.25, -0.2) is 18.4 Å². The molecule has 0 fully saturated rings. The summed E-state index contributed by atoms with van der Waals surface area (Å²) in [5.74, 6) is -1.84. The topological polar surface area (TPSA) is 112 Å². The second-order valence-corrected chi connectivity index (χ2v) is 7.90. The maximum Gasteiger partial charge on any atom is 0.341 e. The smallest absolute Gasteiger partial charge is 0.341 e. The molecule has 0 saturated carbocycles. The number of carboxylic acid groups (broad SMARTS) is 1. The van der Waals surface area contributed by atoms with Gasteiger partial charge in [0.1, 0.15) is 17.2 Å². The molecule has 4 N–H and O–H groups in total. The number of hydrogen-bond acceptors (Lipinski definition) is 5. The van der Waals surface area contributed by atoms with E-state index >= 15 is 0 Å². The zero-order valence-electron chi connectivity index (χ0n) is 19.2. The Kier molecular flexibility index (Phi) is 9.11. The molecule has 0 aromatic heterocycles. The molecule has 34 heavy (non-hydrogen) atoms. The normalized spacial score (nSPS) is 11.2. The fourth-order valence-corrected chi connectivity index (χ4v) is 2.86. The van der Waals surface area contributed by atoms with Gasteiger partial charge in [-0.2, -0.15) is 0 Å². The Morgan fingerprint density at radius 3 is 2.35 bits per heavy atom. The third-order valence-electron chi connectivity index (χ3n) is 4.42. The van der Waals surface area contributed by atoms with Gasteiger partial charge in [0.2, 0.25) is 0 Å². The van der Waals surface area contributed by atoms with Crippen molar-refractivity contribution in [3.8, 4) is 5.75 Å². The van der Waals surface area contributed by atoms with Crippen molar-refractivity contribution in [2.45, 2.75) is 32.9 Å². The largest absolute Gasteiger partial charge is 0.482 e. The van der Waals surface area contributed by atoms with Crippen molar-refractivity contribution in [2.24, 2.45) is 4.99 Å². The van der Waals surface area contributed by atoms with Gasteiger partial charge in [-0.1, -0.05) is 6.58 Å². The van der Waals surface area contributed by atoms with Crippen LogP contribution in [0.2, 0.25) is 0 Å². The molecule has 0 aliphatic rings. The monoisotopic (exact) mass is 474 g/mol. The average Bonchev–Trinajstić information content (AvgIpc) is 2.72. The van der Waals surface area contributed by atoms with Gasteiger partial charge in [0, 0.05) is 42.0 Å². The lowest BCUT2D eigenvalue weighted by Crippen LogP contribution is -2.32. The molecule has 8 nitrogen and oxygen atoms in total. The second kappa shape index (κ2) is 11.8. The van der Waals surface area contributed by atoms with Gasteiger partial charge in [-0.15, -0.1) is 0 Å². The molecule has 10 heteroatoms. The number of ether oxygens (including phenoxy) is 1. The molecule has 0 aliphatic heterocycles. The minimum Gasteiger partial charge on any atom is -0.482 e. The van der Waals surface area contributed by atoms with Crippen molar-refractivity contribution in [2.75, 3.05) is 23.8 Å². The maximum atomic E-state index is 14.8. The summed E-state index contributed by atoms with van der Waals surface area (Å²) in [7, 11) is 0. The zero-order chi connectivity index (χ0) is 25.3. The quantitative estimate of drug-likeness (QED) is 0.328. The number of nitrogens with one attached hydrogen (secondary N) is 3. The summed E-state index contributed by atoms with van der Waals surface area (Å²) < 4.78 is 33.3. The number of hydrogen-bond donors (Lipinski definition) is 4. The predicted molar refractivity (Wildman–Crippen MR) is 129 cm³/mol. The van der Waals surface area contributed by atoms with Crippen molar-refractivity contribution in [1.29, 1.82) is 0 Å². The Bertz CT molecular complexity index is 1060. The van der Waals surface area contributed by atoms with E-state index in [1.807, 2.05) is 0 Å². The third-order valence-corrected chi connectivity index (χ3v) is 4.42. The van der Waals surface area contributed by atoms with Crippen LogP contribution >= 0.6 is 0 Å². The Morgan fingerprint density at radius 1 is 1.18 bits per heavy atom. The number of urea groups is 1. The molecule has 182 valence electrons. The highest BCUT2D eigenvalue weighted by molar-refractivity contribution is 5.90. The van der Waals surface area contributed by atoms with Crippen LogP contribution in [0.3, 0.4) is 0 Å². The number of alkyl halides is 1. The molecule has 0 saturated heterocycles. The number of carboxylic acids is 1.